The van der Waals surface area contributed by atoms with E-state index in [-0.39, 0.29) is 12.5 Å². The number of rotatable bonds is 4. The summed E-state index contributed by atoms with van der Waals surface area (Å²) in [5.74, 6) is 0.600. The molecule has 3 aromatic rings. The molecule has 0 bridgehead atoms. The Labute approximate surface area is 154 Å². The first kappa shape index (κ1) is 17.5. The molecule has 0 unspecified atom stereocenters. The number of amides is 1. The van der Waals surface area contributed by atoms with Crippen LogP contribution in [-0.2, 0) is 11.8 Å². The second kappa shape index (κ2) is 6.90. The number of nitrogens with one attached hydrogen (secondary N) is 1. The summed E-state index contributed by atoms with van der Waals surface area (Å²) in [4.78, 5) is 16.6. The predicted octanol–water partition coefficient (Wildman–Crippen LogP) is 3.91. The molecule has 2 aromatic heterocycles. The molecule has 0 aliphatic heterocycles. The topological polar surface area (TPSA) is 69.0 Å². The number of hydrogen-bond donors (Lipinski definition) is 1. The third kappa shape index (κ3) is 3.70. The number of pyridine rings is 1. The first-order valence-corrected chi connectivity index (χ1v) is 8.29. The average molecular weight is 379 g/mol. The van der Waals surface area contributed by atoms with E-state index < -0.39 is 0 Å². The van der Waals surface area contributed by atoms with Gasteiger partial charge < -0.3 is 10.1 Å². The zero-order valence-electron chi connectivity index (χ0n) is 13.9. The van der Waals surface area contributed by atoms with Crippen LogP contribution in [0.15, 0.2) is 24.3 Å². The molecule has 0 atom stereocenters. The third-order valence-corrected chi connectivity index (χ3v) is 4.19. The van der Waals surface area contributed by atoms with Crippen LogP contribution in [0.5, 0.6) is 5.75 Å². The number of ether oxygens (including phenoxy) is 1. The Hall–Kier alpha value is -2.31. The first-order valence-electron chi connectivity index (χ1n) is 7.54. The van der Waals surface area contributed by atoms with Crippen LogP contribution >= 0.6 is 23.2 Å². The van der Waals surface area contributed by atoms with Crippen molar-refractivity contribution in [2.45, 2.75) is 13.8 Å². The van der Waals surface area contributed by atoms with Crippen LogP contribution in [0.4, 0.5) is 5.82 Å². The van der Waals surface area contributed by atoms with Crippen LogP contribution in [0, 0.1) is 13.8 Å². The van der Waals surface area contributed by atoms with Crippen molar-refractivity contribution in [3.8, 4) is 5.75 Å². The van der Waals surface area contributed by atoms with Crippen molar-refractivity contribution >= 4 is 45.8 Å². The van der Waals surface area contributed by atoms with Gasteiger partial charge in [-0.25, -0.2) is 4.98 Å². The Bertz CT molecular complexity index is 969. The number of carbonyl (C=O) groups is 1. The second-order valence-electron chi connectivity index (χ2n) is 5.65. The fraction of sp³-hybridized carbons (Fsp3) is 0.235. The standard InChI is InChI=1S/C17H16Cl2N4O2/c1-9-4-5-11-12(18)7-13(19)17(16(11)20-9)25-8-15(24)21-14-6-10(2)22-23(14)3/h4-7H,8H2,1-3H3,(H,21,24). The number of carbonyl (C=O) groups excluding carboxylic acids is 1. The van der Waals surface area contributed by atoms with Gasteiger partial charge in [-0.15, -0.1) is 0 Å². The number of nitrogens with zero attached hydrogens (tertiary/aromatic N) is 3. The lowest BCUT2D eigenvalue weighted by atomic mass is 10.2. The molecule has 3 rings (SSSR count). The lowest BCUT2D eigenvalue weighted by Gasteiger charge is -2.12. The van der Waals surface area contributed by atoms with Gasteiger partial charge in [0.15, 0.2) is 12.4 Å². The average Bonchev–Trinajstić information content (AvgIpc) is 2.84. The minimum atomic E-state index is -0.324. The normalized spacial score (nSPS) is 10.9. The zero-order valence-corrected chi connectivity index (χ0v) is 15.4. The molecule has 0 saturated heterocycles. The van der Waals surface area contributed by atoms with Crippen molar-refractivity contribution in [3.05, 3.63) is 45.7 Å². The summed E-state index contributed by atoms with van der Waals surface area (Å²) in [6.07, 6.45) is 0. The van der Waals surface area contributed by atoms with Gasteiger partial charge in [0, 0.05) is 24.2 Å². The van der Waals surface area contributed by atoms with E-state index in [9.17, 15) is 4.79 Å². The van der Waals surface area contributed by atoms with Crippen LogP contribution in [-0.4, -0.2) is 27.3 Å². The van der Waals surface area contributed by atoms with Crippen LogP contribution in [0.3, 0.4) is 0 Å². The van der Waals surface area contributed by atoms with Crippen molar-refractivity contribution in [1.82, 2.24) is 14.8 Å². The molecule has 0 saturated carbocycles. The highest BCUT2D eigenvalue weighted by Crippen LogP contribution is 2.37. The maximum atomic E-state index is 12.2. The number of aromatic nitrogens is 3. The second-order valence-corrected chi connectivity index (χ2v) is 6.46. The summed E-state index contributed by atoms with van der Waals surface area (Å²) in [5.41, 5.74) is 2.14. The Kier molecular flexibility index (Phi) is 4.83. The molecule has 6 nitrogen and oxygen atoms in total. The monoisotopic (exact) mass is 378 g/mol. The van der Waals surface area contributed by atoms with Gasteiger partial charge in [-0.1, -0.05) is 23.2 Å². The quantitative estimate of drug-likeness (QED) is 0.746. The summed E-state index contributed by atoms with van der Waals surface area (Å²) >= 11 is 12.4. The number of aryl methyl sites for hydroxylation is 3. The fourth-order valence-corrected chi connectivity index (χ4v) is 3.04. The van der Waals surface area contributed by atoms with Gasteiger partial charge in [-0.2, -0.15) is 5.10 Å². The first-order chi connectivity index (χ1) is 11.8. The van der Waals surface area contributed by atoms with Crippen LogP contribution in [0.25, 0.3) is 10.9 Å². The van der Waals surface area contributed by atoms with Crippen LogP contribution in [0.2, 0.25) is 10.0 Å². The van der Waals surface area contributed by atoms with Gasteiger partial charge in [0.25, 0.3) is 5.91 Å². The van der Waals surface area contributed by atoms with Gasteiger partial charge in [0.1, 0.15) is 11.3 Å². The minimum absolute atomic E-state index is 0.212. The molecule has 2 heterocycles. The van der Waals surface area contributed by atoms with E-state index in [0.717, 1.165) is 11.4 Å². The fourth-order valence-electron chi connectivity index (χ4n) is 2.47. The molecule has 25 heavy (non-hydrogen) atoms. The Morgan fingerprint density at radius 3 is 2.64 bits per heavy atom. The maximum Gasteiger partial charge on any atom is 0.263 e. The van der Waals surface area contributed by atoms with Crippen molar-refractivity contribution in [3.63, 3.8) is 0 Å². The van der Waals surface area contributed by atoms with Crippen molar-refractivity contribution in [2.75, 3.05) is 11.9 Å². The molecule has 1 amide bonds. The van der Waals surface area contributed by atoms with E-state index >= 15 is 0 Å². The summed E-state index contributed by atoms with van der Waals surface area (Å²) < 4.78 is 7.23. The van der Waals surface area contributed by atoms with Gasteiger partial charge in [0.05, 0.1) is 15.7 Å². The summed E-state index contributed by atoms with van der Waals surface area (Å²) in [6, 6.07) is 7.05. The molecule has 0 spiro atoms. The van der Waals surface area contributed by atoms with E-state index in [2.05, 4.69) is 15.4 Å². The van der Waals surface area contributed by atoms with Gasteiger partial charge in [0.2, 0.25) is 0 Å². The van der Waals surface area contributed by atoms with Crippen LogP contribution < -0.4 is 10.1 Å². The number of fused-ring (bicyclic) bond motifs is 1. The van der Waals surface area contributed by atoms with Gasteiger partial charge in [-0.05, 0) is 32.0 Å². The van der Waals surface area contributed by atoms with E-state index in [1.807, 2.05) is 26.0 Å². The van der Waals surface area contributed by atoms with E-state index in [0.29, 0.717) is 32.5 Å². The van der Waals surface area contributed by atoms with Crippen molar-refractivity contribution < 1.29 is 9.53 Å². The molecule has 130 valence electrons. The maximum absolute atomic E-state index is 12.2. The Morgan fingerprint density at radius 1 is 1.20 bits per heavy atom. The smallest absolute Gasteiger partial charge is 0.263 e. The molecule has 1 aromatic carbocycles. The Balaban J connectivity index is 1.82. The SMILES string of the molecule is Cc1ccc2c(Cl)cc(Cl)c(OCC(=O)Nc3cc(C)nn3C)c2n1. The highest BCUT2D eigenvalue weighted by atomic mass is 35.5. The molecule has 0 aliphatic rings. The summed E-state index contributed by atoms with van der Waals surface area (Å²) in [6.45, 7) is 3.49. The van der Waals surface area contributed by atoms with Gasteiger partial charge >= 0.3 is 0 Å². The zero-order chi connectivity index (χ0) is 18.1. The number of benzene rings is 1. The number of halogens is 2. The molecule has 0 radical (unpaired) electrons. The lowest BCUT2D eigenvalue weighted by molar-refractivity contribution is -0.118. The lowest BCUT2D eigenvalue weighted by Crippen LogP contribution is -2.21. The van der Waals surface area contributed by atoms with E-state index in [4.69, 9.17) is 27.9 Å². The predicted molar refractivity (Wildman–Crippen MR) is 98.6 cm³/mol. The van der Waals surface area contributed by atoms with Gasteiger partial charge in [-0.3, -0.25) is 9.48 Å². The molecular formula is C17H16Cl2N4O2. The van der Waals surface area contributed by atoms with Crippen LogP contribution in [0.1, 0.15) is 11.4 Å². The minimum Gasteiger partial charge on any atom is -0.480 e. The summed E-state index contributed by atoms with van der Waals surface area (Å²) in [5, 5.41) is 8.41. The number of hydrogen-bond acceptors (Lipinski definition) is 4. The highest BCUT2D eigenvalue weighted by Gasteiger charge is 2.15. The summed E-state index contributed by atoms with van der Waals surface area (Å²) in [7, 11) is 1.75. The molecule has 1 N–H and O–H groups in total. The molecule has 8 heteroatoms. The molecule has 0 fully saturated rings. The third-order valence-electron chi connectivity index (χ3n) is 3.59. The van der Waals surface area contributed by atoms with E-state index in [1.165, 1.54) is 0 Å². The largest absolute Gasteiger partial charge is 0.480 e. The van der Waals surface area contributed by atoms with Crippen molar-refractivity contribution in [1.29, 1.82) is 0 Å². The number of anilines is 1. The van der Waals surface area contributed by atoms with E-state index in [1.54, 1.807) is 23.9 Å². The molecule has 0 aliphatic carbocycles. The highest BCUT2D eigenvalue weighted by molar-refractivity contribution is 6.39. The van der Waals surface area contributed by atoms with Crippen molar-refractivity contribution in [2.24, 2.45) is 7.05 Å². The molecular weight excluding hydrogens is 363 g/mol. The Morgan fingerprint density at radius 2 is 1.96 bits per heavy atom.